The van der Waals surface area contributed by atoms with Gasteiger partial charge in [-0.25, -0.2) is 4.79 Å². The van der Waals surface area contributed by atoms with Gasteiger partial charge in [0.25, 0.3) is 0 Å². The second-order valence-electron chi connectivity index (χ2n) is 7.11. The molecule has 0 aliphatic rings. The van der Waals surface area contributed by atoms with Crippen LogP contribution in [-0.4, -0.2) is 39.5 Å². The van der Waals surface area contributed by atoms with E-state index in [1.54, 1.807) is 11.3 Å². The Kier molecular flexibility index (Phi) is 8.13. The zero-order valence-corrected chi connectivity index (χ0v) is 21.6. The van der Waals surface area contributed by atoms with Gasteiger partial charge in [-0.05, 0) is 44.7 Å². The van der Waals surface area contributed by atoms with E-state index < -0.39 is 5.97 Å². The van der Waals surface area contributed by atoms with E-state index in [1.807, 2.05) is 25.3 Å². The standard InChI is InChI=1S/C22H28N4O3S3/c1-7-14-12(4)30-10-16(14)19-24-25-22(26(19)9-3)31-11-17(27)23-20-18(21(28)29-6)15(8-2)13(5)32-20/h10H,7-9,11H2,1-6H3,(H,23,27). The number of anilines is 1. The number of aryl methyl sites for hydroxylation is 2. The highest BCUT2D eigenvalue weighted by Gasteiger charge is 2.24. The normalized spacial score (nSPS) is 11.1. The number of methoxy groups -OCH3 is 1. The molecule has 0 saturated heterocycles. The fourth-order valence-corrected chi connectivity index (χ4v) is 6.58. The molecule has 172 valence electrons. The summed E-state index contributed by atoms with van der Waals surface area (Å²) in [5.74, 6) is 0.380. The smallest absolute Gasteiger partial charge is 0.341 e. The molecule has 0 unspecified atom stereocenters. The summed E-state index contributed by atoms with van der Waals surface area (Å²) < 4.78 is 6.97. The summed E-state index contributed by atoms with van der Waals surface area (Å²) in [5, 5.41) is 15.0. The topological polar surface area (TPSA) is 86.1 Å². The van der Waals surface area contributed by atoms with Gasteiger partial charge in [0.05, 0.1) is 18.4 Å². The van der Waals surface area contributed by atoms with Crippen molar-refractivity contribution in [3.63, 3.8) is 0 Å². The Labute approximate surface area is 200 Å². The first-order valence-electron chi connectivity index (χ1n) is 10.5. The van der Waals surface area contributed by atoms with Gasteiger partial charge in [-0.2, -0.15) is 0 Å². The van der Waals surface area contributed by atoms with E-state index in [2.05, 4.69) is 34.7 Å². The van der Waals surface area contributed by atoms with Crippen LogP contribution in [0.5, 0.6) is 0 Å². The maximum Gasteiger partial charge on any atom is 0.341 e. The fourth-order valence-electron chi connectivity index (χ4n) is 3.69. The van der Waals surface area contributed by atoms with Crippen LogP contribution in [0, 0.1) is 13.8 Å². The van der Waals surface area contributed by atoms with Gasteiger partial charge >= 0.3 is 5.97 Å². The predicted octanol–water partition coefficient (Wildman–Crippen LogP) is 5.35. The van der Waals surface area contributed by atoms with Crippen LogP contribution in [0.2, 0.25) is 0 Å². The van der Waals surface area contributed by atoms with Crippen molar-refractivity contribution in [2.24, 2.45) is 0 Å². The number of carbonyl (C=O) groups excluding carboxylic acids is 2. The summed E-state index contributed by atoms with van der Waals surface area (Å²) in [6.07, 6.45) is 1.64. The maximum atomic E-state index is 12.7. The Morgan fingerprint density at radius 3 is 2.47 bits per heavy atom. The Morgan fingerprint density at radius 1 is 1.12 bits per heavy atom. The first-order valence-corrected chi connectivity index (χ1v) is 13.2. The van der Waals surface area contributed by atoms with Crippen molar-refractivity contribution in [2.45, 2.75) is 59.2 Å². The summed E-state index contributed by atoms with van der Waals surface area (Å²) in [6.45, 7) is 11.0. The third-order valence-corrected chi connectivity index (χ3v) is 8.25. The Bertz CT molecular complexity index is 1130. The van der Waals surface area contributed by atoms with Crippen molar-refractivity contribution < 1.29 is 14.3 Å². The van der Waals surface area contributed by atoms with Crippen LogP contribution in [0.25, 0.3) is 11.4 Å². The molecule has 0 fully saturated rings. The molecule has 0 aromatic carbocycles. The van der Waals surface area contributed by atoms with E-state index in [0.29, 0.717) is 28.7 Å². The third kappa shape index (κ3) is 4.77. The molecular formula is C22H28N4O3S3. The summed E-state index contributed by atoms with van der Waals surface area (Å²) in [5.41, 5.74) is 3.78. The number of hydrogen-bond donors (Lipinski definition) is 1. The van der Waals surface area contributed by atoms with Gasteiger partial charge in [0, 0.05) is 27.2 Å². The van der Waals surface area contributed by atoms with E-state index >= 15 is 0 Å². The molecule has 32 heavy (non-hydrogen) atoms. The van der Waals surface area contributed by atoms with Crippen LogP contribution in [0.1, 0.15) is 52.0 Å². The number of esters is 1. The summed E-state index contributed by atoms with van der Waals surface area (Å²) in [7, 11) is 1.35. The molecule has 0 radical (unpaired) electrons. The first kappa shape index (κ1) is 24.5. The summed E-state index contributed by atoms with van der Waals surface area (Å²) in [4.78, 5) is 27.3. The average Bonchev–Trinajstić information content (AvgIpc) is 3.45. The van der Waals surface area contributed by atoms with Gasteiger partial charge < -0.3 is 14.6 Å². The minimum atomic E-state index is -0.428. The van der Waals surface area contributed by atoms with Crippen LogP contribution in [0.4, 0.5) is 5.00 Å². The predicted molar refractivity (Wildman–Crippen MR) is 132 cm³/mol. The molecule has 0 bridgehead atoms. The molecule has 3 heterocycles. The highest BCUT2D eigenvalue weighted by molar-refractivity contribution is 7.99. The van der Waals surface area contributed by atoms with Crippen LogP contribution < -0.4 is 5.32 Å². The molecule has 0 aliphatic carbocycles. The molecule has 1 N–H and O–H groups in total. The number of thioether (sulfide) groups is 1. The zero-order valence-electron chi connectivity index (χ0n) is 19.2. The highest BCUT2D eigenvalue weighted by atomic mass is 32.2. The minimum Gasteiger partial charge on any atom is -0.465 e. The van der Waals surface area contributed by atoms with Crippen molar-refractivity contribution in [2.75, 3.05) is 18.2 Å². The second-order valence-corrected chi connectivity index (χ2v) is 10.4. The molecular weight excluding hydrogens is 464 g/mol. The molecule has 0 atom stereocenters. The number of nitrogens with zero attached hydrogens (tertiary/aromatic N) is 3. The number of aromatic nitrogens is 3. The van der Waals surface area contributed by atoms with Crippen molar-refractivity contribution in [3.05, 3.63) is 31.8 Å². The molecule has 3 aromatic heterocycles. The minimum absolute atomic E-state index is 0.167. The molecule has 0 aliphatic heterocycles. The second kappa shape index (κ2) is 10.6. The van der Waals surface area contributed by atoms with Gasteiger partial charge in [0.2, 0.25) is 5.91 Å². The Balaban J connectivity index is 1.77. The SMILES string of the molecule is CCc1c(-c2nnc(SCC(=O)Nc3sc(C)c(CC)c3C(=O)OC)n2CC)csc1C. The van der Waals surface area contributed by atoms with Gasteiger partial charge in [-0.3, -0.25) is 4.79 Å². The lowest BCUT2D eigenvalue weighted by Crippen LogP contribution is -2.16. The number of nitrogens with one attached hydrogen (secondary N) is 1. The largest absolute Gasteiger partial charge is 0.465 e. The number of amides is 1. The third-order valence-electron chi connectivity index (χ3n) is 5.27. The zero-order chi connectivity index (χ0) is 23.4. The quantitative estimate of drug-likeness (QED) is 0.320. The van der Waals surface area contributed by atoms with Gasteiger partial charge in [0.15, 0.2) is 11.0 Å². The van der Waals surface area contributed by atoms with Crippen molar-refractivity contribution in [1.82, 2.24) is 14.8 Å². The lowest BCUT2D eigenvalue weighted by molar-refractivity contribution is -0.113. The van der Waals surface area contributed by atoms with E-state index in [0.717, 1.165) is 28.2 Å². The van der Waals surface area contributed by atoms with Crippen LogP contribution >= 0.6 is 34.4 Å². The number of ether oxygens (including phenoxy) is 1. The van der Waals surface area contributed by atoms with Crippen LogP contribution in [-0.2, 0) is 28.9 Å². The molecule has 3 rings (SSSR count). The average molecular weight is 493 g/mol. The molecule has 10 heteroatoms. The summed E-state index contributed by atoms with van der Waals surface area (Å²) >= 11 is 4.46. The van der Waals surface area contributed by atoms with Crippen LogP contribution in [0.15, 0.2) is 10.5 Å². The van der Waals surface area contributed by atoms with Crippen molar-refractivity contribution in [1.29, 1.82) is 0 Å². The highest BCUT2D eigenvalue weighted by Crippen LogP contribution is 2.35. The molecule has 0 saturated carbocycles. The van der Waals surface area contributed by atoms with Gasteiger partial charge in [0.1, 0.15) is 5.00 Å². The van der Waals surface area contributed by atoms with Gasteiger partial charge in [-0.1, -0.05) is 25.6 Å². The maximum absolute atomic E-state index is 12.7. The van der Waals surface area contributed by atoms with E-state index in [-0.39, 0.29) is 11.7 Å². The molecule has 1 amide bonds. The lowest BCUT2D eigenvalue weighted by Gasteiger charge is -2.09. The Hall–Kier alpha value is -2.17. The fraction of sp³-hybridized carbons (Fsp3) is 0.455. The number of rotatable bonds is 9. The van der Waals surface area contributed by atoms with E-state index in [9.17, 15) is 9.59 Å². The van der Waals surface area contributed by atoms with Gasteiger partial charge in [-0.15, -0.1) is 32.9 Å². The van der Waals surface area contributed by atoms with Crippen molar-refractivity contribution >= 4 is 51.3 Å². The van der Waals surface area contributed by atoms with Crippen LogP contribution in [0.3, 0.4) is 0 Å². The summed E-state index contributed by atoms with van der Waals surface area (Å²) in [6, 6.07) is 0. The lowest BCUT2D eigenvalue weighted by atomic mass is 10.1. The Morgan fingerprint density at radius 2 is 1.84 bits per heavy atom. The first-order chi connectivity index (χ1) is 15.4. The number of thiophene rings is 2. The molecule has 0 spiro atoms. The van der Waals surface area contributed by atoms with Crippen molar-refractivity contribution in [3.8, 4) is 11.4 Å². The number of carbonyl (C=O) groups is 2. The monoisotopic (exact) mass is 492 g/mol. The molecule has 3 aromatic rings. The van der Waals surface area contributed by atoms with E-state index in [1.165, 1.54) is 40.6 Å². The van der Waals surface area contributed by atoms with E-state index in [4.69, 9.17) is 4.74 Å². The molecule has 7 nitrogen and oxygen atoms in total. The number of hydrogen-bond acceptors (Lipinski definition) is 8.